The van der Waals surface area contributed by atoms with Crippen LogP contribution in [0.5, 0.6) is 0 Å². The van der Waals surface area contributed by atoms with Gasteiger partial charge in [0.05, 0.1) is 11.8 Å². The second-order valence-corrected chi connectivity index (χ2v) is 5.20. The van der Waals surface area contributed by atoms with Crippen molar-refractivity contribution in [2.75, 3.05) is 26.2 Å². The molecule has 2 rings (SSSR count). The zero-order valence-corrected chi connectivity index (χ0v) is 10.2. The third-order valence-electron chi connectivity index (χ3n) is 3.92. The minimum absolute atomic E-state index is 0.0301. The van der Waals surface area contributed by atoms with E-state index in [-0.39, 0.29) is 17.7 Å². The van der Waals surface area contributed by atoms with Crippen LogP contribution in [0.25, 0.3) is 0 Å². The van der Waals surface area contributed by atoms with Crippen LogP contribution in [0, 0.1) is 17.8 Å². The van der Waals surface area contributed by atoms with Crippen molar-refractivity contribution >= 4 is 11.9 Å². The molecule has 0 bridgehead atoms. The summed E-state index contributed by atoms with van der Waals surface area (Å²) in [6.07, 6.45) is 1.49. The number of nitrogens with one attached hydrogen (secondary N) is 1. The van der Waals surface area contributed by atoms with Crippen molar-refractivity contribution in [2.24, 2.45) is 17.8 Å². The predicted octanol–water partition coefficient (Wildman–Crippen LogP) is 0.165. The third-order valence-corrected chi connectivity index (χ3v) is 3.92. The Labute approximate surface area is 101 Å². The van der Waals surface area contributed by atoms with Crippen LogP contribution in [0.2, 0.25) is 0 Å². The summed E-state index contributed by atoms with van der Waals surface area (Å²) in [5.74, 6) is -0.638. The molecule has 0 saturated carbocycles. The lowest BCUT2D eigenvalue weighted by Gasteiger charge is -2.33. The van der Waals surface area contributed by atoms with E-state index in [1.165, 1.54) is 0 Å². The molecule has 5 heteroatoms. The summed E-state index contributed by atoms with van der Waals surface area (Å²) in [7, 11) is 0. The normalized spacial score (nSPS) is 33.7. The lowest BCUT2D eigenvalue weighted by molar-refractivity contribution is -0.146. The molecule has 1 unspecified atom stereocenters. The van der Waals surface area contributed by atoms with E-state index in [0.717, 1.165) is 19.5 Å². The number of piperidine rings is 1. The quantitative estimate of drug-likeness (QED) is 0.721. The molecule has 3 atom stereocenters. The number of hydrogen-bond donors (Lipinski definition) is 2. The Bertz CT molecular complexity index is 319. The van der Waals surface area contributed by atoms with Crippen LogP contribution in [-0.2, 0) is 9.59 Å². The molecule has 2 N–H and O–H groups in total. The van der Waals surface area contributed by atoms with Gasteiger partial charge in [0.2, 0.25) is 5.91 Å². The topological polar surface area (TPSA) is 69.6 Å². The van der Waals surface area contributed by atoms with Crippen LogP contribution in [0.4, 0.5) is 0 Å². The standard InChI is InChI=1S/C12H20N2O3/c1-8-5-13-6-10(8)11(15)14-4-2-3-9(7-14)12(16)17/h8-10,13H,2-7H2,1H3,(H,16,17)/t8-,9?,10-/m1/s1. The average molecular weight is 240 g/mol. The SMILES string of the molecule is C[C@@H]1CNC[C@H]1C(=O)N1CCCC(C(=O)O)C1. The highest BCUT2D eigenvalue weighted by molar-refractivity contribution is 5.81. The Morgan fingerprint density at radius 3 is 2.71 bits per heavy atom. The Morgan fingerprint density at radius 1 is 1.35 bits per heavy atom. The highest BCUT2D eigenvalue weighted by atomic mass is 16.4. The average Bonchev–Trinajstić information content (AvgIpc) is 2.74. The van der Waals surface area contributed by atoms with E-state index < -0.39 is 5.97 Å². The molecule has 17 heavy (non-hydrogen) atoms. The van der Waals surface area contributed by atoms with Crippen LogP contribution < -0.4 is 5.32 Å². The van der Waals surface area contributed by atoms with Crippen LogP contribution in [-0.4, -0.2) is 48.1 Å². The molecule has 0 radical (unpaired) electrons. The number of carbonyl (C=O) groups is 2. The van der Waals surface area contributed by atoms with Gasteiger partial charge in [0.1, 0.15) is 0 Å². The molecule has 96 valence electrons. The Hall–Kier alpha value is -1.10. The highest BCUT2D eigenvalue weighted by Crippen LogP contribution is 2.23. The molecular weight excluding hydrogens is 220 g/mol. The second kappa shape index (κ2) is 5.04. The maximum absolute atomic E-state index is 12.3. The molecule has 0 aromatic heterocycles. The molecule has 1 amide bonds. The van der Waals surface area contributed by atoms with Gasteiger partial charge in [-0.3, -0.25) is 9.59 Å². The number of likely N-dealkylation sites (tertiary alicyclic amines) is 1. The van der Waals surface area contributed by atoms with Crippen LogP contribution >= 0.6 is 0 Å². The molecule has 0 aromatic rings. The van der Waals surface area contributed by atoms with E-state index >= 15 is 0 Å². The summed E-state index contributed by atoms with van der Waals surface area (Å²) in [6.45, 7) is 4.78. The van der Waals surface area contributed by atoms with Crippen molar-refractivity contribution in [1.29, 1.82) is 0 Å². The molecule has 2 heterocycles. The minimum atomic E-state index is -0.778. The van der Waals surface area contributed by atoms with Gasteiger partial charge in [-0.15, -0.1) is 0 Å². The number of aliphatic carboxylic acids is 1. The molecule has 2 aliphatic rings. The molecule has 2 fully saturated rings. The summed E-state index contributed by atoms with van der Waals surface area (Å²) in [6, 6.07) is 0. The number of carbonyl (C=O) groups excluding carboxylic acids is 1. The number of amides is 1. The summed E-state index contributed by atoms with van der Waals surface area (Å²) in [5.41, 5.74) is 0. The first-order valence-corrected chi connectivity index (χ1v) is 6.32. The fourth-order valence-electron chi connectivity index (χ4n) is 2.75. The van der Waals surface area contributed by atoms with Gasteiger partial charge in [-0.2, -0.15) is 0 Å². The van der Waals surface area contributed by atoms with Crippen molar-refractivity contribution in [3.63, 3.8) is 0 Å². The minimum Gasteiger partial charge on any atom is -0.481 e. The zero-order chi connectivity index (χ0) is 12.4. The van der Waals surface area contributed by atoms with Crippen molar-refractivity contribution in [2.45, 2.75) is 19.8 Å². The number of carboxylic acids is 1. The fraction of sp³-hybridized carbons (Fsp3) is 0.833. The smallest absolute Gasteiger partial charge is 0.308 e. The lowest BCUT2D eigenvalue weighted by Crippen LogP contribution is -2.46. The summed E-state index contributed by atoms with van der Waals surface area (Å²) >= 11 is 0. The van der Waals surface area contributed by atoms with E-state index in [1.807, 2.05) is 0 Å². The maximum Gasteiger partial charge on any atom is 0.308 e. The first-order valence-electron chi connectivity index (χ1n) is 6.32. The Morgan fingerprint density at radius 2 is 2.12 bits per heavy atom. The molecular formula is C12H20N2O3. The van der Waals surface area contributed by atoms with Gasteiger partial charge in [0.25, 0.3) is 0 Å². The van der Waals surface area contributed by atoms with E-state index in [4.69, 9.17) is 5.11 Å². The van der Waals surface area contributed by atoms with Crippen LogP contribution in [0.3, 0.4) is 0 Å². The van der Waals surface area contributed by atoms with E-state index in [2.05, 4.69) is 12.2 Å². The molecule has 0 aliphatic carbocycles. The summed E-state index contributed by atoms with van der Waals surface area (Å²) in [5, 5.41) is 12.2. The van der Waals surface area contributed by atoms with Gasteiger partial charge in [-0.05, 0) is 25.3 Å². The van der Waals surface area contributed by atoms with Crippen molar-refractivity contribution in [3.8, 4) is 0 Å². The van der Waals surface area contributed by atoms with E-state index in [9.17, 15) is 9.59 Å². The number of hydrogen-bond acceptors (Lipinski definition) is 3. The third kappa shape index (κ3) is 2.60. The van der Waals surface area contributed by atoms with Crippen LogP contribution in [0.15, 0.2) is 0 Å². The lowest BCUT2D eigenvalue weighted by atomic mass is 9.93. The van der Waals surface area contributed by atoms with Crippen LogP contribution in [0.1, 0.15) is 19.8 Å². The van der Waals surface area contributed by atoms with Crippen molar-refractivity contribution in [3.05, 3.63) is 0 Å². The fourth-order valence-corrected chi connectivity index (χ4v) is 2.75. The first kappa shape index (κ1) is 12.4. The number of carboxylic acid groups (broad SMARTS) is 1. The Balaban J connectivity index is 1.97. The largest absolute Gasteiger partial charge is 0.481 e. The molecule has 0 aromatic carbocycles. The first-order chi connectivity index (χ1) is 8.09. The molecule has 5 nitrogen and oxygen atoms in total. The van der Waals surface area contributed by atoms with Crippen molar-refractivity contribution in [1.82, 2.24) is 10.2 Å². The summed E-state index contributed by atoms with van der Waals surface area (Å²) < 4.78 is 0. The zero-order valence-electron chi connectivity index (χ0n) is 10.2. The van der Waals surface area contributed by atoms with Gasteiger partial charge in [-0.25, -0.2) is 0 Å². The highest BCUT2D eigenvalue weighted by Gasteiger charge is 2.35. The predicted molar refractivity (Wildman–Crippen MR) is 62.5 cm³/mol. The maximum atomic E-state index is 12.3. The Kier molecular flexibility index (Phi) is 3.66. The molecule has 2 aliphatic heterocycles. The van der Waals surface area contributed by atoms with Gasteiger partial charge in [-0.1, -0.05) is 6.92 Å². The molecule has 0 spiro atoms. The molecule has 2 saturated heterocycles. The number of nitrogens with zero attached hydrogens (tertiary/aromatic N) is 1. The van der Waals surface area contributed by atoms with Crippen molar-refractivity contribution < 1.29 is 14.7 Å². The summed E-state index contributed by atoms with van der Waals surface area (Å²) in [4.78, 5) is 25.0. The monoisotopic (exact) mass is 240 g/mol. The van der Waals surface area contributed by atoms with Gasteiger partial charge in [0, 0.05) is 19.6 Å². The van der Waals surface area contributed by atoms with Gasteiger partial charge < -0.3 is 15.3 Å². The van der Waals surface area contributed by atoms with Gasteiger partial charge in [0.15, 0.2) is 0 Å². The number of rotatable bonds is 2. The van der Waals surface area contributed by atoms with E-state index in [1.54, 1.807) is 4.90 Å². The van der Waals surface area contributed by atoms with Gasteiger partial charge >= 0.3 is 5.97 Å². The second-order valence-electron chi connectivity index (χ2n) is 5.20. The van der Waals surface area contributed by atoms with E-state index in [0.29, 0.717) is 25.4 Å².